The van der Waals surface area contributed by atoms with Gasteiger partial charge >= 0.3 is 5.97 Å². The van der Waals surface area contributed by atoms with Gasteiger partial charge < -0.3 is 19.1 Å². The topological polar surface area (TPSA) is 65.1 Å². The number of carbonyl (C=O) groups is 2. The number of methoxy groups -OCH3 is 1. The minimum Gasteiger partial charge on any atom is -0.497 e. The molecule has 2 aromatic rings. The van der Waals surface area contributed by atoms with E-state index >= 15 is 0 Å². The van der Waals surface area contributed by atoms with Crippen LogP contribution in [0.2, 0.25) is 0 Å². The minimum atomic E-state index is -0.306. The lowest BCUT2D eigenvalue weighted by Crippen LogP contribution is -2.33. The normalized spacial score (nSPS) is 14.7. The lowest BCUT2D eigenvalue weighted by atomic mass is 10.0. The molecule has 1 fully saturated rings. The molecule has 1 saturated heterocycles. The van der Waals surface area contributed by atoms with E-state index in [4.69, 9.17) is 14.2 Å². The predicted octanol–water partition coefficient (Wildman–Crippen LogP) is 2.78. The van der Waals surface area contributed by atoms with E-state index in [1.807, 2.05) is 36.4 Å². The lowest BCUT2D eigenvalue weighted by molar-refractivity contribution is -0.157. The zero-order valence-corrected chi connectivity index (χ0v) is 15.8. The molecule has 6 nitrogen and oxygen atoms in total. The van der Waals surface area contributed by atoms with Crippen LogP contribution >= 0.6 is 0 Å². The number of nitrogens with zero attached hydrogens (tertiary/aromatic N) is 1. The first kappa shape index (κ1) is 19.2. The summed E-state index contributed by atoms with van der Waals surface area (Å²) in [6.07, 6.45) is 1.31. The van der Waals surface area contributed by atoms with Gasteiger partial charge in [-0.15, -0.1) is 0 Å². The highest BCUT2D eigenvalue weighted by Crippen LogP contribution is 2.22. The molecule has 3 rings (SSSR count). The average Bonchev–Trinajstić information content (AvgIpc) is 2.71. The Kier molecular flexibility index (Phi) is 6.29. The third-order valence-electron chi connectivity index (χ3n) is 4.85. The Morgan fingerprint density at radius 2 is 1.81 bits per heavy atom. The molecule has 0 N–H and O–H groups in total. The summed E-state index contributed by atoms with van der Waals surface area (Å²) in [5.41, 5.74) is 1.01. The fourth-order valence-corrected chi connectivity index (χ4v) is 3.15. The van der Waals surface area contributed by atoms with Gasteiger partial charge in [0.15, 0.2) is 6.61 Å². The van der Waals surface area contributed by atoms with Crippen molar-refractivity contribution in [2.45, 2.75) is 19.4 Å². The van der Waals surface area contributed by atoms with Crippen LogP contribution in [0.3, 0.4) is 0 Å². The SMILES string of the molecule is COc1ccc2cc(CN(C)C(=O)COC(=O)C3CCOCC3)ccc2c1. The Morgan fingerprint density at radius 1 is 1.11 bits per heavy atom. The highest BCUT2D eigenvalue weighted by atomic mass is 16.5. The number of esters is 1. The summed E-state index contributed by atoms with van der Waals surface area (Å²) in [5.74, 6) is 0.133. The van der Waals surface area contributed by atoms with Gasteiger partial charge in [-0.3, -0.25) is 9.59 Å². The minimum absolute atomic E-state index is 0.158. The van der Waals surface area contributed by atoms with Gasteiger partial charge in [-0.2, -0.15) is 0 Å². The van der Waals surface area contributed by atoms with Gasteiger partial charge in [-0.05, 0) is 47.4 Å². The number of fused-ring (bicyclic) bond motifs is 1. The van der Waals surface area contributed by atoms with Crippen LogP contribution in [0.25, 0.3) is 10.8 Å². The molecule has 0 radical (unpaired) electrons. The standard InChI is InChI=1S/C21H25NO5/c1-22(20(23)14-27-21(24)16-7-9-26-10-8-16)13-15-3-4-18-12-19(25-2)6-5-17(18)11-15/h3-6,11-12,16H,7-10,13-14H2,1-2H3. The van der Waals surface area contributed by atoms with E-state index in [0.29, 0.717) is 32.6 Å². The van der Waals surface area contributed by atoms with E-state index in [2.05, 4.69) is 0 Å². The predicted molar refractivity (Wildman–Crippen MR) is 101 cm³/mol. The zero-order chi connectivity index (χ0) is 19.2. The Morgan fingerprint density at radius 3 is 2.56 bits per heavy atom. The van der Waals surface area contributed by atoms with Crippen molar-refractivity contribution in [3.63, 3.8) is 0 Å². The van der Waals surface area contributed by atoms with Gasteiger partial charge in [0.1, 0.15) is 5.75 Å². The summed E-state index contributed by atoms with van der Waals surface area (Å²) < 4.78 is 15.7. The van der Waals surface area contributed by atoms with Gasteiger partial charge in [-0.1, -0.05) is 18.2 Å². The Balaban J connectivity index is 1.54. The first-order chi connectivity index (χ1) is 13.1. The van der Waals surface area contributed by atoms with Crippen LogP contribution in [0.4, 0.5) is 0 Å². The second kappa shape index (κ2) is 8.86. The summed E-state index contributed by atoms with van der Waals surface area (Å²) in [5, 5.41) is 2.16. The van der Waals surface area contributed by atoms with Crippen molar-refractivity contribution in [2.75, 3.05) is 34.0 Å². The summed E-state index contributed by atoms with van der Waals surface area (Å²) in [4.78, 5) is 25.9. The third-order valence-corrected chi connectivity index (χ3v) is 4.85. The van der Waals surface area contributed by atoms with Crippen LogP contribution < -0.4 is 4.74 Å². The molecule has 0 bridgehead atoms. The van der Waals surface area contributed by atoms with E-state index in [1.165, 1.54) is 0 Å². The highest BCUT2D eigenvalue weighted by molar-refractivity contribution is 5.85. The van der Waals surface area contributed by atoms with Gasteiger partial charge in [0.2, 0.25) is 0 Å². The van der Waals surface area contributed by atoms with Crippen molar-refractivity contribution in [3.05, 3.63) is 42.0 Å². The maximum absolute atomic E-state index is 12.3. The molecule has 1 heterocycles. The first-order valence-corrected chi connectivity index (χ1v) is 9.12. The van der Waals surface area contributed by atoms with Crippen LogP contribution in [0.1, 0.15) is 18.4 Å². The van der Waals surface area contributed by atoms with Crippen LogP contribution in [-0.4, -0.2) is 50.8 Å². The van der Waals surface area contributed by atoms with Gasteiger partial charge in [0.05, 0.1) is 13.0 Å². The van der Waals surface area contributed by atoms with Crippen molar-refractivity contribution < 1.29 is 23.8 Å². The van der Waals surface area contributed by atoms with Crippen LogP contribution in [0, 0.1) is 5.92 Å². The molecule has 6 heteroatoms. The van der Waals surface area contributed by atoms with E-state index in [9.17, 15) is 9.59 Å². The van der Waals surface area contributed by atoms with Gasteiger partial charge in [0, 0.05) is 26.8 Å². The Hall–Kier alpha value is -2.60. The van der Waals surface area contributed by atoms with E-state index < -0.39 is 0 Å². The van der Waals surface area contributed by atoms with Crippen LogP contribution in [0.5, 0.6) is 5.75 Å². The fourth-order valence-electron chi connectivity index (χ4n) is 3.15. The van der Waals surface area contributed by atoms with Crippen LogP contribution in [-0.2, 0) is 25.6 Å². The molecule has 0 aliphatic carbocycles. The van der Waals surface area contributed by atoms with Crippen molar-refractivity contribution in [2.24, 2.45) is 5.92 Å². The Labute approximate surface area is 159 Å². The number of hydrogen-bond acceptors (Lipinski definition) is 5. The average molecular weight is 371 g/mol. The fraction of sp³-hybridized carbons (Fsp3) is 0.429. The maximum atomic E-state index is 12.3. The molecule has 0 saturated carbocycles. The second-order valence-electron chi connectivity index (χ2n) is 6.79. The van der Waals surface area contributed by atoms with Gasteiger partial charge in [0.25, 0.3) is 5.91 Å². The number of rotatable bonds is 6. The second-order valence-corrected chi connectivity index (χ2v) is 6.79. The van der Waals surface area contributed by atoms with E-state index in [0.717, 1.165) is 22.1 Å². The number of benzene rings is 2. The molecule has 144 valence electrons. The molecule has 27 heavy (non-hydrogen) atoms. The zero-order valence-electron chi connectivity index (χ0n) is 15.8. The van der Waals surface area contributed by atoms with Crippen molar-refractivity contribution >= 4 is 22.6 Å². The molecular formula is C21H25NO5. The molecule has 2 aromatic carbocycles. The molecular weight excluding hydrogens is 346 g/mol. The Bertz CT molecular complexity index is 813. The molecule has 0 aromatic heterocycles. The van der Waals surface area contributed by atoms with Crippen molar-refractivity contribution in [3.8, 4) is 5.75 Å². The van der Waals surface area contributed by atoms with Crippen molar-refractivity contribution in [1.29, 1.82) is 0 Å². The van der Waals surface area contributed by atoms with Crippen molar-refractivity contribution in [1.82, 2.24) is 4.90 Å². The molecule has 0 atom stereocenters. The molecule has 1 aliphatic rings. The van der Waals surface area contributed by atoms with E-state index in [1.54, 1.807) is 19.1 Å². The molecule has 0 spiro atoms. The third kappa shape index (κ3) is 4.98. The summed E-state index contributed by atoms with van der Waals surface area (Å²) >= 11 is 0. The lowest BCUT2D eigenvalue weighted by Gasteiger charge is -2.21. The molecule has 1 aliphatic heterocycles. The number of ether oxygens (including phenoxy) is 3. The van der Waals surface area contributed by atoms with E-state index in [-0.39, 0.29) is 24.4 Å². The molecule has 0 unspecified atom stereocenters. The number of likely N-dealkylation sites (N-methyl/N-ethyl adjacent to an activating group) is 1. The summed E-state index contributed by atoms with van der Waals surface area (Å²) in [6.45, 7) is 1.37. The summed E-state index contributed by atoms with van der Waals surface area (Å²) in [6, 6.07) is 11.9. The quantitative estimate of drug-likeness (QED) is 0.731. The largest absolute Gasteiger partial charge is 0.497 e. The van der Waals surface area contributed by atoms with Crippen LogP contribution in [0.15, 0.2) is 36.4 Å². The monoisotopic (exact) mass is 371 g/mol. The smallest absolute Gasteiger partial charge is 0.309 e. The number of hydrogen-bond donors (Lipinski definition) is 0. The summed E-state index contributed by atoms with van der Waals surface area (Å²) in [7, 11) is 3.35. The first-order valence-electron chi connectivity index (χ1n) is 9.12. The highest BCUT2D eigenvalue weighted by Gasteiger charge is 2.24. The maximum Gasteiger partial charge on any atom is 0.309 e. The van der Waals surface area contributed by atoms with Gasteiger partial charge in [-0.25, -0.2) is 0 Å². The molecule has 1 amide bonds. The number of amides is 1. The number of carbonyl (C=O) groups excluding carboxylic acids is 2.